The Morgan fingerprint density at radius 3 is 1.88 bits per heavy atom. The second-order valence-corrected chi connectivity index (χ2v) is 7.22. The van der Waals surface area contributed by atoms with Crippen LogP contribution in [0.15, 0.2) is 0 Å². The van der Waals surface area contributed by atoms with E-state index in [4.69, 9.17) is 0 Å². The molecular weight excluding hydrogens is 313 g/mol. The Morgan fingerprint density at radius 1 is 0.941 bits per heavy atom. The molecule has 0 aromatic rings. The molecule has 104 valence electrons. The van der Waals surface area contributed by atoms with Gasteiger partial charge in [0, 0.05) is 0 Å². The second-order valence-electron chi connectivity index (χ2n) is 4.24. The summed E-state index contributed by atoms with van der Waals surface area (Å²) in [6.45, 7) is 2.19. The van der Waals surface area contributed by atoms with Crippen molar-refractivity contribution in [2.75, 3.05) is 0 Å². The first kappa shape index (κ1) is 17.6. The molecule has 0 nitrogen and oxygen atoms in total. The number of unbranched alkanes of at least 4 members (excludes halogenated alkanes) is 7. The molecule has 1 unspecified atom stereocenters. The first-order chi connectivity index (χ1) is 7.95. The third-order valence-electron chi connectivity index (χ3n) is 2.55. The molecule has 17 heavy (non-hydrogen) atoms. The van der Waals surface area contributed by atoms with Crippen LogP contribution in [0.25, 0.3) is 0 Å². The maximum absolute atomic E-state index is 12.0. The van der Waals surface area contributed by atoms with Crippen LogP contribution in [-0.4, -0.2) is 9.67 Å². The van der Waals surface area contributed by atoms with Crippen molar-refractivity contribution in [1.29, 1.82) is 0 Å². The van der Waals surface area contributed by atoms with Crippen molar-refractivity contribution in [2.45, 2.75) is 74.4 Å². The fourth-order valence-corrected chi connectivity index (χ4v) is 3.18. The van der Waals surface area contributed by atoms with E-state index in [0.717, 1.165) is 19.3 Å². The summed E-state index contributed by atoms with van der Waals surface area (Å²) in [5, 5.41) is 0. The molecule has 0 saturated carbocycles. The summed E-state index contributed by atoms with van der Waals surface area (Å²) in [6, 6.07) is 0. The molecule has 0 bridgehead atoms. The molecule has 0 aliphatic rings. The molecule has 5 heteroatoms. The van der Waals surface area contributed by atoms with Crippen LogP contribution in [0.1, 0.15) is 64.7 Å². The van der Waals surface area contributed by atoms with E-state index in [9.17, 15) is 13.2 Å². The molecule has 0 radical (unpaired) electrons. The third kappa shape index (κ3) is 14.6. The van der Waals surface area contributed by atoms with Gasteiger partial charge in [-0.05, 0) is 18.2 Å². The van der Waals surface area contributed by atoms with Gasteiger partial charge < -0.3 is 0 Å². The lowest BCUT2D eigenvalue weighted by Gasteiger charge is -2.11. The number of thioether (sulfide) groups is 1. The van der Waals surface area contributed by atoms with Crippen LogP contribution in [0.3, 0.4) is 0 Å². The van der Waals surface area contributed by atoms with E-state index in [-0.39, 0.29) is 11.8 Å². The fourth-order valence-electron chi connectivity index (χ4n) is 1.64. The molecule has 0 aromatic carbocycles. The second kappa shape index (κ2) is 10.5. The summed E-state index contributed by atoms with van der Waals surface area (Å²) in [4.78, 5) is 0. The molecule has 0 spiro atoms. The van der Waals surface area contributed by atoms with Gasteiger partial charge in [0.05, 0.1) is 4.16 Å². The van der Waals surface area contributed by atoms with E-state index < -0.39 is 9.67 Å². The molecule has 0 saturated heterocycles. The fraction of sp³-hybridized carbons (Fsp3) is 1.00. The van der Waals surface area contributed by atoms with Gasteiger partial charge >= 0.3 is 5.51 Å². The summed E-state index contributed by atoms with van der Waals surface area (Å²) in [5.74, 6) is 0. The van der Waals surface area contributed by atoms with Gasteiger partial charge in [0.1, 0.15) is 0 Å². The minimum atomic E-state index is -4.12. The van der Waals surface area contributed by atoms with Gasteiger partial charge in [-0.25, -0.2) is 0 Å². The van der Waals surface area contributed by atoms with E-state index in [2.05, 4.69) is 22.9 Å². The Morgan fingerprint density at radius 2 is 1.41 bits per heavy atom. The first-order valence-electron chi connectivity index (χ1n) is 6.34. The Kier molecular flexibility index (Phi) is 10.9. The zero-order chi connectivity index (χ0) is 13.1. The SMILES string of the molecule is CCCCCCCCCCC(Br)SC(F)(F)F. The van der Waals surface area contributed by atoms with E-state index in [1.807, 2.05) is 0 Å². The standard InChI is InChI=1S/C12H22BrF3S/c1-2-3-4-5-6-7-8-9-10-11(13)17-12(14,15)16/h11H,2-10H2,1H3. The lowest BCUT2D eigenvalue weighted by atomic mass is 10.1. The molecule has 0 N–H and O–H groups in total. The largest absolute Gasteiger partial charge is 0.442 e. The van der Waals surface area contributed by atoms with Crippen molar-refractivity contribution in [3.05, 3.63) is 0 Å². The number of alkyl halides is 4. The van der Waals surface area contributed by atoms with Gasteiger partial charge in [0.25, 0.3) is 0 Å². The van der Waals surface area contributed by atoms with Crippen LogP contribution >= 0.6 is 27.7 Å². The molecule has 0 aliphatic heterocycles. The lowest BCUT2D eigenvalue weighted by Crippen LogP contribution is -2.06. The Hall–Kier alpha value is 0.620. The monoisotopic (exact) mass is 334 g/mol. The number of hydrogen-bond donors (Lipinski definition) is 0. The van der Waals surface area contributed by atoms with Crippen molar-refractivity contribution < 1.29 is 13.2 Å². The zero-order valence-corrected chi connectivity index (χ0v) is 12.8. The van der Waals surface area contributed by atoms with Crippen LogP contribution in [0.2, 0.25) is 0 Å². The van der Waals surface area contributed by atoms with Gasteiger partial charge in [0.15, 0.2) is 0 Å². The van der Waals surface area contributed by atoms with Gasteiger partial charge in [-0.15, -0.1) is 0 Å². The van der Waals surface area contributed by atoms with Crippen LogP contribution in [0.4, 0.5) is 13.2 Å². The zero-order valence-electron chi connectivity index (χ0n) is 10.4. The van der Waals surface area contributed by atoms with E-state index in [1.165, 1.54) is 32.1 Å². The molecule has 0 fully saturated rings. The van der Waals surface area contributed by atoms with Crippen LogP contribution in [0, 0.1) is 0 Å². The highest BCUT2D eigenvalue weighted by molar-refractivity contribution is 9.11. The first-order valence-corrected chi connectivity index (χ1v) is 8.14. The summed E-state index contributed by atoms with van der Waals surface area (Å²) < 4.78 is 35.5. The van der Waals surface area contributed by atoms with Crippen molar-refractivity contribution in [2.24, 2.45) is 0 Å². The van der Waals surface area contributed by atoms with Gasteiger partial charge in [-0.3, -0.25) is 0 Å². The minimum absolute atomic E-state index is 0.0483. The van der Waals surface area contributed by atoms with E-state index >= 15 is 0 Å². The highest BCUT2D eigenvalue weighted by Crippen LogP contribution is 2.38. The highest BCUT2D eigenvalue weighted by Gasteiger charge is 2.31. The highest BCUT2D eigenvalue weighted by atomic mass is 79.9. The smallest absolute Gasteiger partial charge is 0.160 e. The van der Waals surface area contributed by atoms with Crippen LogP contribution in [0.5, 0.6) is 0 Å². The van der Waals surface area contributed by atoms with Gasteiger partial charge in [-0.2, -0.15) is 13.2 Å². The van der Waals surface area contributed by atoms with Crippen LogP contribution in [-0.2, 0) is 0 Å². The molecule has 0 aromatic heterocycles. The topological polar surface area (TPSA) is 0 Å². The summed E-state index contributed by atoms with van der Waals surface area (Å²) in [5.41, 5.74) is -4.12. The van der Waals surface area contributed by atoms with Gasteiger partial charge in [0.2, 0.25) is 0 Å². The summed E-state index contributed by atoms with van der Waals surface area (Å²) in [7, 11) is 0. The number of hydrogen-bond acceptors (Lipinski definition) is 1. The minimum Gasteiger partial charge on any atom is -0.160 e. The molecule has 0 rings (SSSR count). The normalized spacial score (nSPS) is 13.9. The molecular formula is C12H22BrF3S. The molecule has 0 heterocycles. The number of rotatable bonds is 10. The Bertz CT molecular complexity index is 174. The van der Waals surface area contributed by atoms with Crippen molar-refractivity contribution in [1.82, 2.24) is 0 Å². The van der Waals surface area contributed by atoms with Crippen molar-refractivity contribution in [3.63, 3.8) is 0 Å². The lowest BCUT2D eigenvalue weighted by molar-refractivity contribution is -0.0329. The maximum atomic E-state index is 12.0. The molecule has 1 atom stereocenters. The number of halogens is 4. The van der Waals surface area contributed by atoms with E-state index in [1.54, 1.807) is 0 Å². The van der Waals surface area contributed by atoms with Crippen molar-refractivity contribution in [3.8, 4) is 0 Å². The summed E-state index contributed by atoms with van der Waals surface area (Å²) in [6.07, 6.45) is 10.0. The summed E-state index contributed by atoms with van der Waals surface area (Å²) >= 11 is 3.11. The van der Waals surface area contributed by atoms with E-state index in [0.29, 0.717) is 6.42 Å². The maximum Gasteiger partial charge on any atom is 0.442 e. The Labute approximate surface area is 115 Å². The van der Waals surface area contributed by atoms with Gasteiger partial charge in [-0.1, -0.05) is 74.2 Å². The quantitative estimate of drug-likeness (QED) is 0.325. The van der Waals surface area contributed by atoms with Crippen molar-refractivity contribution >= 4 is 27.7 Å². The molecule has 0 amide bonds. The third-order valence-corrected chi connectivity index (χ3v) is 4.32. The predicted molar refractivity (Wildman–Crippen MR) is 73.6 cm³/mol. The van der Waals surface area contributed by atoms with Crippen LogP contribution < -0.4 is 0 Å². The average Bonchev–Trinajstić information content (AvgIpc) is 2.19. The predicted octanol–water partition coefficient (Wildman–Crippen LogP) is 6.49. The average molecular weight is 335 g/mol. The molecule has 0 aliphatic carbocycles. The Balaban J connectivity index is 3.22.